The maximum Gasteiger partial charge on any atom is 0.257 e. The number of furan rings is 1. The van der Waals surface area contributed by atoms with Gasteiger partial charge in [0.15, 0.2) is 9.84 Å². The number of amides is 1. The van der Waals surface area contributed by atoms with Crippen molar-refractivity contribution in [3.05, 3.63) is 46.5 Å². The van der Waals surface area contributed by atoms with Gasteiger partial charge in [-0.15, -0.1) is 11.3 Å². The zero-order chi connectivity index (χ0) is 14.9. The Balaban J connectivity index is 1.86. The van der Waals surface area contributed by atoms with Crippen LogP contribution in [0.3, 0.4) is 0 Å². The number of carbonyl (C=O) groups excluding carboxylic acids is 1. The van der Waals surface area contributed by atoms with E-state index in [2.05, 4.69) is 0 Å². The fraction of sp³-hybridized carbons (Fsp3) is 0.357. The third-order valence-corrected chi connectivity index (χ3v) is 6.20. The maximum absolute atomic E-state index is 12.6. The van der Waals surface area contributed by atoms with Gasteiger partial charge < -0.3 is 9.32 Å². The summed E-state index contributed by atoms with van der Waals surface area (Å²) in [5, 5.41) is 1.95. The second kappa shape index (κ2) is 5.65. The topological polar surface area (TPSA) is 67.6 Å². The lowest BCUT2D eigenvalue weighted by Crippen LogP contribution is -2.40. The molecule has 112 valence electrons. The zero-order valence-corrected chi connectivity index (χ0v) is 12.9. The monoisotopic (exact) mass is 325 g/mol. The zero-order valence-electron chi connectivity index (χ0n) is 11.3. The summed E-state index contributed by atoms with van der Waals surface area (Å²) in [6, 6.07) is 5.21. The Hall–Kier alpha value is -1.60. The van der Waals surface area contributed by atoms with Crippen molar-refractivity contribution in [2.24, 2.45) is 0 Å². The largest absolute Gasteiger partial charge is 0.472 e. The van der Waals surface area contributed by atoms with Gasteiger partial charge in [0.25, 0.3) is 5.91 Å². The van der Waals surface area contributed by atoms with Crippen LogP contribution in [-0.2, 0) is 16.4 Å². The normalized spacial score (nSPS) is 20.5. The Morgan fingerprint density at radius 2 is 2.29 bits per heavy atom. The first kappa shape index (κ1) is 14.3. The molecule has 3 heterocycles. The summed E-state index contributed by atoms with van der Waals surface area (Å²) in [5.41, 5.74) is 0.454. The number of nitrogens with zero attached hydrogens (tertiary/aromatic N) is 1. The number of thiophene rings is 1. The van der Waals surface area contributed by atoms with Crippen LogP contribution >= 0.6 is 11.3 Å². The first-order chi connectivity index (χ1) is 10.1. The number of rotatable bonds is 4. The van der Waals surface area contributed by atoms with Crippen molar-refractivity contribution >= 4 is 27.1 Å². The minimum Gasteiger partial charge on any atom is -0.472 e. The van der Waals surface area contributed by atoms with Gasteiger partial charge in [-0.3, -0.25) is 4.79 Å². The van der Waals surface area contributed by atoms with Crippen LogP contribution in [0.2, 0.25) is 0 Å². The summed E-state index contributed by atoms with van der Waals surface area (Å²) in [6.45, 7) is 0.432. The lowest BCUT2D eigenvalue weighted by Gasteiger charge is -2.27. The summed E-state index contributed by atoms with van der Waals surface area (Å²) in [5.74, 6) is 0.0124. The van der Waals surface area contributed by atoms with Crippen LogP contribution in [0.4, 0.5) is 0 Å². The number of hydrogen-bond donors (Lipinski definition) is 0. The predicted octanol–water partition coefficient (Wildman–Crippen LogP) is 2.17. The van der Waals surface area contributed by atoms with Crippen molar-refractivity contribution in [1.29, 1.82) is 0 Å². The second-order valence-corrected chi connectivity index (χ2v) is 8.34. The highest BCUT2D eigenvalue weighted by Crippen LogP contribution is 2.23. The van der Waals surface area contributed by atoms with Gasteiger partial charge in [-0.2, -0.15) is 0 Å². The van der Waals surface area contributed by atoms with E-state index in [0.717, 1.165) is 4.88 Å². The van der Waals surface area contributed by atoms with Crippen LogP contribution in [0.25, 0.3) is 0 Å². The third-order valence-electron chi connectivity index (χ3n) is 3.58. The van der Waals surface area contributed by atoms with Gasteiger partial charge in [-0.1, -0.05) is 6.07 Å². The maximum atomic E-state index is 12.6. The standard InChI is InChI=1S/C14H15NO4S2/c16-14(11-3-5-19-9-11)15(8-13-2-1-6-20-13)12-4-7-21(17,18)10-12/h1-3,5-6,9,12H,4,7-8,10H2. The molecule has 1 saturated heterocycles. The highest BCUT2D eigenvalue weighted by atomic mass is 32.2. The summed E-state index contributed by atoms with van der Waals surface area (Å²) in [6.07, 6.45) is 3.34. The molecule has 0 bridgehead atoms. The molecule has 1 atom stereocenters. The Morgan fingerprint density at radius 1 is 1.43 bits per heavy atom. The molecule has 1 amide bonds. The van der Waals surface area contributed by atoms with E-state index in [-0.39, 0.29) is 23.5 Å². The van der Waals surface area contributed by atoms with Gasteiger partial charge >= 0.3 is 0 Å². The van der Waals surface area contributed by atoms with Crippen molar-refractivity contribution < 1.29 is 17.6 Å². The van der Waals surface area contributed by atoms with Crippen LogP contribution in [0, 0.1) is 0 Å². The molecule has 1 fully saturated rings. The molecule has 0 aromatic carbocycles. The van der Waals surface area contributed by atoms with Crippen molar-refractivity contribution in [1.82, 2.24) is 4.90 Å². The summed E-state index contributed by atoms with van der Waals surface area (Å²) in [4.78, 5) is 15.3. The minimum absolute atomic E-state index is 0.0436. The fourth-order valence-corrected chi connectivity index (χ4v) is 4.94. The van der Waals surface area contributed by atoms with Gasteiger partial charge in [0.1, 0.15) is 6.26 Å². The fourth-order valence-electron chi connectivity index (χ4n) is 2.51. The first-order valence-corrected chi connectivity index (χ1v) is 9.31. The molecule has 7 heteroatoms. The number of carbonyl (C=O) groups is 1. The smallest absolute Gasteiger partial charge is 0.257 e. The Bertz CT molecular complexity index is 704. The van der Waals surface area contributed by atoms with Gasteiger partial charge in [-0.25, -0.2) is 8.42 Å². The molecule has 0 spiro atoms. The molecular weight excluding hydrogens is 310 g/mol. The highest BCUT2D eigenvalue weighted by Gasteiger charge is 2.35. The molecule has 0 aliphatic carbocycles. The van der Waals surface area contributed by atoms with E-state index in [4.69, 9.17) is 4.42 Å². The molecule has 1 aliphatic rings. The van der Waals surface area contributed by atoms with E-state index in [9.17, 15) is 13.2 Å². The molecule has 0 N–H and O–H groups in total. The van der Waals surface area contributed by atoms with Crippen LogP contribution in [0.5, 0.6) is 0 Å². The SMILES string of the molecule is O=C(c1ccoc1)N(Cc1cccs1)C1CCS(=O)(=O)C1. The van der Waals surface area contributed by atoms with Crippen molar-refractivity contribution in [3.8, 4) is 0 Å². The molecule has 1 unspecified atom stereocenters. The molecule has 0 saturated carbocycles. The average Bonchev–Trinajstić information content (AvgIpc) is 3.16. The predicted molar refractivity (Wildman–Crippen MR) is 80.0 cm³/mol. The molecule has 2 aromatic heterocycles. The van der Waals surface area contributed by atoms with E-state index in [1.165, 1.54) is 12.5 Å². The minimum atomic E-state index is -3.04. The van der Waals surface area contributed by atoms with E-state index in [0.29, 0.717) is 18.5 Å². The molecule has 5 nitrogen and oxygen atoms in total. The Labute approximate surface area is 127 Å². The van der Waals surface area contributed by atoms with Crippen molar-refractivity contribution in [2.45, 2.75) is 19.0 Å². The molecule has 2 aromatic rings. The summed E-state index contributed by atoms with van der Waals surface area (Å²) in [7, 11) is -3.04. The number of sulfone groups is 1. The number of hydrogen-bond acceptors (Lipinski definition) is 5. The molecule has 3 rings (SSSR count). The van der Waals surface area contributed by atoms with Gasteiger partial charge in [0.2, 0.25) is 0 Å². The Morgan fingerprint density at radius 3 is 2.86 bits per heavy atom. The van der Waals surface area contributed by atoms with Crippen LogP contribution in [-0.4, -0.2) is 36.8 Å². The average molecular weight is 325 g/mol. The van der Waals surface area contributed by atoms with E-state index in [1.807, 2.05) is 17.5 Å². The van der Waals surface area contributed by atoms with E-state index in [1.54, 1.807) is 22.3 Å². The van der Waals surface area contributed by atoms with Crippen LogP contribution in [0.15, 0.2) is 40.5 Å². The second-order valence-electron chi connectivity index (χ2n) is 5.08. The van der Waals surface area contributed by atoms with E-state index >= 15 is 0 Å². The summed E-state index contributed by atoms with van der Waals surface area (Å²) < 4.78 is 28.4. The van der Waals surface area contributed by atoms with Gasteiger partial charge in [-0.05, 0) is 23.9 Å². The first-order valence-electron chi connectivity index (χ1n) is 6.61. The lowest BCUT2D eigenvalue weighted by atomic mass is 10.2. The van der Waals surface area contributed by atoms with Gasteiger partial charge in [0.05, 0.1) is 29.9 Å². The van der Waals surface area contributed by atoms with Crippen molar-refractivity contribution in [3.63, 3.8) is 0 Å². The van der Waals surface area contributed by atoms with Crippen molar-refractivity contribution in [2.75, 3.05) is 11.5 Å². The third kappa shape index (κ3) is 3.19. The van der Waals surface area contributed by atoms with Crippen LogP contribution in [0.1, 0.15) is 21.7 Å². The molecule has 21 heavy (non-hydrogen) atoms. The van der Waals surface area contributed by atoms with Gasteiger partial charge in [0, 0.05) is 10.9 Å². The quantitative estimate of drug-likeness (QED) is 0.864. The Kier molecular flexibility index (Phi) is 3.86. The highest BCUT2D eigenvalue weighted by molar-refractivity contribution is 7.91. The summed E-state index contributed by atoms with van der Waals surface area (Å²) >= 11 is 1.56. The molecule has 1 aliphatic heterocycles. The lowest BCUT2D eigenvalue weighted by molar-refractivity contribution is 0.0682. The molecular formula is C14H15NO4S2. The van der Waals surface area contributed by atoms with E-state index < -0.39 is 9.84 Å². The molecule has 0 radical (unpaired) electrons. The van der Waals surface area contributed by atoms with Crippen LogP contribution < -0.4 is 0 Å².